The Bertz CT molecular complexity index is 288. The van der Waals surface area contributed by atoms with Crippen LogP contribution in [0.1, 0.15) is 20.3 Å². The molecule has 13 heavy (non-hydrogen) atoms. The number of halogens is 1. The van der Waals surface area contributed by atoms with E-state index in [9.17, 15) is 0 Å². The maximum absolute atomic E-state index is 5.57. The molecule has 0 aliphatic rings. The van der Waals surface area contributed by atoms with Gasteiger partial charge in [-0.3, -0.25) is 0 Å². The standard InChI is InChI=1S/C9H14BrN3/c1-3-6(2)13-9-8(10)4-7(11)5-12-9/h4-6H,3,11H2,1-2H3,(H,12,13). The van der Waals surface area contributed by atoms with Gasteiger partial charge in [-0.1, -0.05) is 6.92 Å². The van der Waals surface area contributed by atoms with Crippen molar-refractivity contribution in [1.29, 1.82) is 0 Å². The molecule has 0 bridgehead atoms. The fraction of sp³-hybridized carbons (Fsp3) is 0.444. The second-order valence-corrected chi connectivity index (χ2v) is 3.91. The van der Waals surface area contributed by atoms with Crippen LogP contribution in [0.5, 0.6) is 0 Å². The molecule has 0 amide bonds. The lowest BCUT2D eigenvalue weighted by molar-refractivity contribution is 0.758. The summed E-state index contributed by atoms with van der Waals surface area (Å²) in [5.74, 6) is 0.851. The van der Waals surface area contributed by atoms with Gasteiger partial charge in [0.15, 0.2) is 0 Å². The van der Waals surface area contributed by atoms with E-state index >= 15 is 0 Å². The van der Waals surface area contributed by atoms with Crippen molar-refractivity contribution in [3.8, 4) is 0 Å². The van der Waals surface area contributed by atoms with Crippen molar-refractivity contribution < 1.29 is 0 Å². The number of nitrogens with one attached hydrogen (secondary N) is 1. The van der Waals surface area contributed by atoms with Crippen LogP contribution in [0.15, 0.2) is 16.7 Å². The normalized spacial score (nSPS) is 12.5. The fourth-order valence-corrected chi connectivity index (χ4v) is 1.38. The molecule has 3 N–H and O–H groups in total. The Balaban J connectivity index is 2.77. The van der Waals surface area contributed by atoms with Crippen molar-refractivity contribution in [2.45, 2.75) is 26.3 Å². The maximum Gasteiger partial charge on any atom is 0.140 e. The van der Waals surface area contributed by atoms with Gasteiger partial charge in [0.1, 0.15) is 5.82 Å². The highest BCUT2D eigenvalue weighted by Crippen LogP contribution is 2.22. The third-order valence-electron chi connectivity index (χ3n) is 1.86. The molecule has 1 aromatic rings. The van der Waals surface area contributed by atoms with Crippen molar-refractivity contribution in [2.24, 2.45) is 0 Å². The summed E-state index contributed by atoms with van der Waals surface area (Å²) in [5, 5.41) is 3.27. The van der Waals surface area contributed by atoms with E-state index in [-0.39, 0.29) is 0 Å². The molecule has 1 aromatic heterocycles. The number of nitrogen functional groups attached to an aromatic ring is 1. The Labute approximate surface area is 86.9 Å². The average molecular weight is 244 g/mol. The van der Waals surface area contributed by atoms with Gasteiger partial charge >= 0.3 is 0 Å². The number of pyridine rings is 1. The fourth-order valence-electron chi connectivity index (χ4n) is 0.894. The predicted molar refractivity (Wildman–Crippen MR) is 59.7 cm³/mol. The number of hydrogen-bond donors (Lipinski definition) is 2. The Hall–Kier alpha value is -0.770. The zero-order chi connectivity index (χ0) is 9.84. The van der Waals surface area contributed by atoms with Crippen molar-refractivity contribution >= 4 is 27.4 Å². The SMILES string of the molecule is CCC(C)Nc1ncc(N)cc1Br. The maximum atomic E-state index is 5.57. The molecule has 72 valence electrons. The van der Waals surface area contributed by atoms with E-state index in [4.69, 9.17) is 5.73 Å². The number of aromatic nitrogens is 1. The molecule has 3 nitrogen and oxygen atoms in total. The summed E-state index contributed by atoms with van der Waals surface area (Å²) in [4.78, 5) is 4.18. The van der Waals surface area contributed by atoms with E-state index < -0.39 is 0 Å². The monoisotopic (exact) mass is 243 g/mol. The van der Waals surface area contributed by atoms with Crippen LogP contribution in [0.3, 0.4) is 0 Å². The summed E-state index contributed by atoms with van der Waals surface area (Å²) >= 11 is 3.40. The lowest BCUT2D eigenvalue weighted by Crippen LogP contribution is -2.14. The number of nitrogens with zero attached hydrogens (tertiary/aromatic N) is 1. The average Bonchev–Trinajstić information content (AvgIpc) is 2.09. The van der Waals surface area contributed by atoms with E-state index in [1.165, 1.54) is 0 Å². The molecule has 0 saturated carbocycles. The highest BCUT2D eigenvalue weighted by molar-refractivity contribution is 9.10. The molecule has 0 aromatic carbocycles. The Morgan fingerprint density at radius 1 is 1.69 bits per heavy atom. The van der Waals surface area contributed by atoms with Gasteiger partial charge in [0.2, 0.25) is 0 Å². The van der Waals surface area contributed by atoms with Crippen molar-refractivity contribution in [1.82, 2.24) is 4.98 Å². The third kappa shape index (κ3) is 2.88. The number of anilines is 2. The van der Waals surface area contributed by atoms with Crippen LogP contribution in [0.4, 0.5) is 11.5 Å². The molecule has 1 rings (SSSR count). The quantitative estimate of drug-likeness (QED) is 0.859. The highest BCUT2D eigenvalue weighted by atomic mass is 79.9. The number of hydrogen-bond acceptors (Lipinski definition) is 3. The smallest absolute Gasteiger partial charge is 0.140 e. The van der Waals surface area contributed by atoms with Gasteiger partial charge in [-0.15, -0.1) is 0 Å². The summed E-state index contributed by atoms with van der Waals surface area (Å²) in [6.45, 7) is 4.24. The van der Waals surface area contributed by atoms with Crippen molar-refractivity contribution in [3.63, 3.8) is 0 Å². The van der Waals surface area contributed by atoms with Gasteiger partial charge in [-0.25, -0.2) is 4.98 Å². The van der Waals surface area contributed by atoms with Gasteiger partial charge in [0, 0.05) is 6.04 Å². The van der Waals surface area contributed by atoms with E-state index in [1.54, 1.807) is 6.20 Å². The Morgan fingerprint density at radius 2 is 2.38 bits per heavy atom. The summed E-state index contributed by atoms with van der Waals surface area (Å²) in [6.07, 6.45) is 2.72. The minimum atomic E-state index is 0.424. The lowest BCUT2D eigenvalue weighted by Gasteiger charge is -2.13. The number of nitrogens with two attached hydrogens (primary N) is 1. The van der Waals surface area contributed by atoms with E-state index in [2.05, 4.69) is 40.1 Å². The molecule has 1 atom stereocenters. The van der Waals surface area contributed by atoms with E-state index in [1.807, 2.05) is 6.07 Å². The minimum absolute atomic E-state index is 0.424. The Morgan fingerprint density at radius 3 is 2.92 bits per heavy atom. The van der Waals surface area contributed by atoms with E-state index in [0.717, 1.165) is 16.7 Å². The first kappa shape index (κ1) is 10.3. The topological polar surface area (TPSA) is 50.9 Å². The Kier molecular flexibility index (Phi) is 3.54. The molecular weight excluding hydrogens is 230 g/mol. The molecule has 1 heterocycles. The van der Waals surface area contributed by atoms with Crippen molar-refractivity contribution in [2.75, 3.05) is 11.1 Å². The van der Waals surface area contributed by atoms with Crippen LogP contribution in [-0.4, -0.2) is 11.0 Å². The van der Waals surface area contributed by atoms with Crippen LogP contribution in [0, 0.1) is 0 Å². The number of rotatable bonds is 3. The predicted octanol–water partition coefficient (Wildman–Crippen LogP) is 2.64. The second-order valence-electron chi connectivity index (χ2n) is 3.05. The molecule has 0 aliphatic heterocycles. The van der Waals surface area contributed by atoms with Crippen molar-refractivity contribution in [3.05, 3.63) is 16.7 Å². The largest absolute Gasteiger partial charge is 0.397 e. The highest BCUT2D eigenvalue weighted by Gasteiger charge is 2.04. The van der Waals surface area contributed by atoms with Gasteiger partial charge in [-0.2, -0.15) is 0 Å². The van der Waals surface area contributed by atoms with Crippen LogP contribution in [0.25, 0.3) is 0 Å². The van der Waals surface area contributed by atoms with Gasteiger partial charge in [0.25, 0.3) is 0 Å². The zero-order valence-corrected chi connectivity index (χ0v) is 9.43. The zero-order valence-electron chi connectivity index (χ0n) is 7.84. The minimum Gasteiger partial charge on any atom is -0.397 e. The first-order valence-electron chi connectivity index (χ1n) is 4.31. The lowest BCUT2D eigenvalue weighted by atomic mass is 10.2. The van der Waals surface area contributed by atoms with Crippen LogP contribution >= 0.6 is 15.9 Å². The molecule has 0 spiro atoms. The molecule has 0 fully saturated rings. The summed E-state index contributed by atoms with van der Waals surface area (Å²) in [5.41, 5.74) is 6.24. The molecule has 0 saturated heterocycles. The first-order valence-corrected chi connectivity index (χ1v) is 5.10. The molecule has 1 unspecified atom stereocenters. The summed E-state index contributed by atoms with van der Waals surface area (Å²) < 4.78 is 0.910. The van der Waals surface area contributed by atoms with Crippen LogP contribution in [-0.2, 0) is 0 Å². The molecule has 4 heteroatoms. The van der Waals surface area contributed by atoms with Crippen LogP contribution < -0.4 is 11.1 Å². The first-order chi connectivity index (χ1) is 6.13. The van der Waals surface area contributed by atoms with Crippen LogP contribution in [0.2, 0.25) is 0 Å². The third-order valence-corrected chi connectivity index (χ3v) is 2.46. The summed E-state index contributed by atoms with van der Waals surface area (Å²) in [6, 6.07) is 2.27. The molecule has 0 aliphatic carbocycles. The van der Waals surface area contributed by atoms with E-state index in [0.29, 0.717) is 11.7 Å². The molecular formula is C9H14BrN3. The molecule has 0 radical (unpaired) electrons. The van der Waals surface area contributed by atoms with Gasteiger partial charge < -0.3 is 11.1 Å². The van der Waals surface area contributed by atoms with Gasteiger partial charge in [-0.05, 0) is 35.3 Å². The van der Waals surface area contributed by atoms with Gasteiger partial charge in [0.05, 0.1) is 16.4 Å². The summed E-state index contributed by atoms with van der Waals surface area (Å²) in [7, 11) is 0. The second kappa shape index (κ2) is 4.46.